The number of nitrogens with one attached hydrogen (secondary N) is 2. The molecular weight excluding hydrogens is 266 g/mol. The van der Waals surface area contributed by atoms with Gasteiger partial charge in [0.05, 0.1) is 0 Å². The van der Waals surface area contributed by atoms with Gasteiger partial charge in [0, 0.05) is 6.54 Å². The predicted octanol–water partition coefficient (Wildman–Crippen LogP) is 0.511. The van der Waals surface area contributed by atoms with Crippen LogP contribution >= 0.6 is 0 Å². The number of imidazole rings is 1. The second-order valence-corrected chi connectivity index (χ2v) is 5.04. The molecule has 1 aliphatic rings. The number of hydrogen-bond acceptors (Lipinski definition) is 5. The Morgan fingerprint density at radius 2 is 2.00 bits per heavy atom. The highest BCUT2D eigenvalue weighted by Gasteiger charge is 2.22. The van der Waals surface area contributed by atoms with Crippen LogP contribution in [0.4, 0.5) is 5.95 Å². The Hall–Kier alpha value is -2.45. The normalized spacial score (nSPS) is 16.0. The fourth-order valence-electron chi connectivity index (χ4n) is 2.71. The molecule has 0 radical (unpaired) electrons. The molecule has 2 heterocycles. The van der Waals surface area contributed by atoms with E-state index in [0.29, 0.717) is 12.5 Å². The van der Waals surface area contributed by atoms with E-state index < -0.39 is 22.1 Å². The molecule has 0 amide bonds. The van der Waals surface area contributed by atoms with Crippen LogP contribution in [0.1, 0.15) is 25.7 Å². The summed E-state index contributed by atoms with van der Waals surface area (Å²) in [5.74, 6) is -0.240. The van der Waals surface area contributed by atoms with Crippen molar-refractivity contribution in [2.24, 2.45) is 5.92 Å². The summed E-state index contributed by atoms with van der Waals surface area (Å²) in [7, 11) is 0. The van der Waals surface area contributed by atoms with E-state index in [2.05, 4.69) is 15.0 Å². The first kappa shape index (κ1) is 12.6. The predicted molar refractivity (Wildman–Crippen MR) is 69.6 cm³/mol. The van der Waals surface area contributed by atoms with Crippen molar-refractivity contribution in [1.82, 2.24) is 19.5 Å². The minimum absolute atomic E-state index is 0.0331. The maximum Gasteiger partial charge on any atom is 0.435 e. The van der Waals surface area contributed by atoms with Crippen LogP contribution in [0.2, 0.25) is 0 Å². The topological polar surface area (TPSA) is 127 Å². The Morgan fingerprint density at radius 3 is 2.65 bits per heavy atom. The molecule has 20 heavy (non-hydrogen) atoms. The number of H-pyrrole nitrogens is 2. The highest BCUT2D eigenvalue weighted by atomic mass is 16.6. The molecular formula is C11H13N5O4. The van der Waals surface area contributed by atoms with Crippen molar-refractivity contribution >= 4 is 17.1 Å². The van der Waals surface area contributed by atoms with Crippen LogP contribution in [-0.2, 0) is 6.54 Å². The zero-order valence-corrected chi connectivity index (χ0v) is 10.6. The van der Waals surface area contributed by atoms with E-state index in [-0.39, 0.29) is 11.2 Å². The van der Waals surface area contributed by atoms with E-state index in [4.69, 9.17) is 0 Å². The summed E-state index contributed by atoms with van der Waals surface area (Å²) in [5, 5.41) is 10.6. The Labute approximate surface area is 111 Å². The minimum atomic E-state index is -0.737. The third kappa shape index (κ3) is 2.00. The Balaban J connectivity index is 2.10. The fourth-order valence-corrected chi connectivity index (χ4v) is 2.71. The van der Waals surface area contributed by atoms with Crippen LogP contribution in [0.3, 0.4) is 0 Å². The maximum atomic E-state index is 12.2. The number of aromatic nitrogens is 4. The van der Waals surface area contributed by atoms with E-state index in [0.717, 1.165) is 30.3 Å². The highest BCUT2D eigenvalue weighted by Crippen LogP contribution is 2.25. The van der Waals surface area contributed by atoms with Gasteiger partial charge in [0.25, 0.3) is 11.2 Å². The first-order valence-corrected chi connectivity index (χ1v) is 6.43. The molecule has 0 atom stereocenters. The Morgan fingerprint density at radius 1 is 1.30 bits per heavy atom. The van der Waals surface area contributed by atoms with Gasteiger partial charge in [-0.1, -0.05) is 12.8 Å². The van der Waals surface area contributed by atoms with Crippen LogP contribution in [0.5, 0.6) is 0 Å². The maximum absolute atomic E-state index is 12.2. The molecule has 2 N–H and O–H groups in total. The Bertz CT molecular complexity index is 780. The molecule has 0 saturated heterocycles. The molecule has 0 spiro atoms. The molecule has 0 bridgehead atoms. The van der Waals surface area contributed by atoms with Gasteiger partial charge < -0.3 is 10.1 Å². The zero-order chi connectivity index (χ0) is 14.3. The average Bonchev–Trinajstić information content (AvgIpc) is 3.03. The van der Waals surface area contributed by atoms with Crippen LogP contribution < -0.4 is 11.2 Å². The largest absolute Gasteiger partial charge is 0.435 e. The van der Waals surface area contributed by atoms with Crippen molar-refractivity contribution in [1.29, 1.82) is 0 Å². The standard InChI is InChI=1S/C11H13N5O4/c17-9-7-8(13-10(12-7)16(19)20)14-11(18)15(9)5-6-3-1-2-4-6/h6H,1-5H2,(H,12,13)(H,14,18). The third-order valence-electron chi connectivity index (χ3n) is 3.71. The molecule has 2 aromatic heterocycles. The van der Waals surface area contributed by atoms with Crippen molar-refractivity contribution in [2.75, 3.05) is 0 Å². The molecule has 1 fully saturated rings. The summed E-state index contributed by atoms with van der Waals surface area (Å²) < 4.78 is 1.10. The Kier molecular flexibility index (Phi) is 2.88. The average molecular weight is 279 g/mol. The monoisotopic (exact) mass is 279 g/mol. The lowest BCUT2D eigenvalue weighted by Gasteiger charge is -2.09. The number of rotatable bonds is 3. The number of nitro groups is 1. The van der Waals surface area contributed by atoms with Gasteiger partial charge in [-0.25, -0.2) is 9.78 Å². The summed E-state index contributed by atoms with van der Waals surface area (Å²) in [4.78, 5) is 42.4. The van der Waals surface area contributed by atoms with Crippen molar-refractivity contribution in [3.63, 3.8) is 0 Å². The molecule has 1 aliphatic carbocycles. The smallest absolute Gasteiger partial charge is 0.390 e. The third-order valence-corrected chi connectivity index (χ3v) is 3.71. The SMILES string of the molecule is O=c1[nH]c2nc([N+](=O)[O-])[nH]c2c(=O)n1CC1CCCC1. The number of fused-ring (bicyclic) bond motifs is 1. The van der Waals surface area contributed by atoms with Gasteiger partial charge in [0.1, 0.15) is 0 Å². The molecule has 0 aromatic carbocycles. The second kappa shape index (κ2) is 4.58. The minimum Gasteiger partial charge on any atom is -0.390 e. The number of aromatic amines is 2. The molecule has 0 aliphatic heterocycles. The fraction of sp³-hybridized carbons (Fsp3) is 0.545. The summed E-state index contributed by atoms with van der Waals surface area (Å²) in [5.41, 5.74) is -1.24. The van der Waals surface area contributed by atoms with E-state index in [1.165, 1.54) is 0 Å². The van der Waals surface area contributed by atoms with Gasteiger partial charge in [0.15, 0.2) is 0 Å². The quantitative estimate of drug-likeness (QED) is 0.625. The molecule has 9 nitrogen and oxygen atoms in total. The second-order valence-electron chi connectivity index (χ2n) is 5.04. The molecule has 2 aromatic rings. The molecule has 106 valence electrons. The molecule has 3 rings (SSSR count). The first-order valence-electron chi connectivity index (χ1n) is 6.43. The molecule has 9 heteroatoms. The van der Waals surface area contributed by atoms with Crippen LogP contribution in [0.25, 0.3) is 11.2 Å². The van der Waals surface area contributed by atoms with Crippen molar-refractivity contribution in [3.05, 3.63) is 31.0 Å². The van der Waals surface area contributed by atoms with Gasteiger partial charge >= 0.3 is 11.6 Å². The van der Waals surface area contributed by atoms with E-state index >= 15 is 0 Å². The van der Waals surface area contributed by atoms with Crippen molar-refractivity contribution in [3.8, 4) is 0 Å². The lowest BCUT2D eigenvalue weighted by molar-refractivity contribution is -0.393. The van der Waals surface area contributed by atoms with E-state index in [9.17, 15) is 19.7 Å². The van der Waals surface area contributed by atoms with Gasteiger partial charge in [-0.2, -0.15) is 0 Å². The van der Waals surface area contributed by atoms with Crippen LogP contribution in [0.15, 0.2) is 9.59 Å². The van der Waals surface area contributed by atoms with E-state index in [1.54, 1.807) is 0 Å². The summed E-state index contributed by atoms with van der Waals surface area (Å²) >= 11 is 0. The van der Waals surface area contributed by atoms with Crippen molar-refractivity contribution in [2.45, 2.75) is 32.2 Å². The first-order chi connectivity index (χ1) is 9.56. The van der Waals surface area contributed by atoms with Gasteiger partial charge in [0.2, 0.25) is 5.52 Å². The van der Waals surface area contributed by atoms with Gasteiger partial charge in [-0.3, -0.25) is 14.3 Å². The van der Waals surface area contributed by atoms with Gasteiger partial charge in [-0.15, -0.1) is 0 Å². The summed E-state index contributed by atoms with van der Waals surface area (Å²) in [6.07, 6.45) is 4.20. The lowest BCUT2D eigenvalue weighted by atomic mass is 10.1. The highest BCUT2D eigenvalue weighted by molar-refractivity contribution is 5.70. The van der Waals surface area contributed by atoms with Crippen molar-refractivity contribution < 1.29 is 4.92 Å². The lowest BCUT2D eigenvalue weighted by Crippen LogP contribution is -2.36. The zero-order valence-electron chi connectivity index (χ0n) is 10.6. The van der Waals surface area contributed by atoms with Gasteiger partial charge in [-0.05, 0) is 28.7 Å². The summed E-state index contributed by atoms with van der Waals surface area (Å²) in [6.45, 7) is 0.344. The van der Waals surface area contributed by atoms with E-state index in [1.807, 2.05) is 0 Å². The summed E-state index contributed by atoms with van der Waals surface area (Å²) in [6, 6.07) is 0. The van der Waals surface area contributed by atoms with Crippen LogP contribution in [-0.4, -0.2) is 24.4 Å². The number of nitrogens with zero attached hydrogens (tertiary/aromatic N) is 3. The number of hydrogen-bond donors (Lipinski definition) is 2. The molecule has 0 unspecified atom stereocenters. The molecule has 1 saturated carbocycles. The van der Waals surface area contributed by atoms with Crippen LogP contribution in [0, 0.1) is 16.0 Å².